The fourth-order valence-electron chi connectivity index (χ4n) is 3.55. The Labute approximate surface area is 182 Å². The van der Waals surface area contributed by atoms with Crippen LogP contribution in [0, 0.1) is 11.8 Å². The van der Waals surface area contributed by atoms with Gasteiger partial charge in [-0.25, -0.2) is 4.79 Å². The van der Waals surface area contributed by atoms with Gasteiger partial charge in [-0.15, -0.1) is 0 Å². The number of likely N-dealkylation sites (tertiary alicyclic amines) is 1. The molecular formula is C20H35N5O6. The average Bonchev–Trinajstić information content (AvgIpc) is 3.13. The van der Waals surface area contributed by atoms with Gasteiger partial charge in [0.05, 0.1) is 12.5 Å². The molecule has 0 aliphatic carbocycles. The van der Waals surface area contributed by atoms with Crippen molar-refractivity contribution in [2.45, 2.75) is 77.5 Å². The Morgan fingerprint density at radius 2 is 1.68 bits per heavy atom. The molecule has 0 radical (unpaired) electrons. The number of hydrogen-bond acceptors (Lipinski definition) is 6. The van der Waals surface area contributed by atoms with E-state index in [1.807, 2.05) is 13.8 Å². The second-order valence-corrected chi connectivity index (χ2v) is 8.73. The Bertz CT molecular complexity index is 696. The van der Waals surface area contributed by atoms with E-state index in [-0.39, 0.29) is 18.3 Å². The zero-order chi connectivity index (χ0) is 23.9. The summed E-state index contributed by atoms with van der Waals surface area (Å²) in [5, 5.41) is 14.6. The lowest BCUT2D eigenvalue weighted by Gasteiger charge is -2.30. The van der Waals surface area contributed by atoms with Crippen LogP contribution in [0.1, 0.15) is 53.4 Å². The number of amides is 4. The summed E-state index contributed by atoms with van der Waals surface area (Å²) in [5.74, 6) is -3.84. The molecule has 4 atom stereocenters. The normalized spacial score (nSPS) is 19.1. The lowest BCUT2D eigenvalue weighted by molar-refractivity contribution is -0.149. The number of nitrogens with one attached hydrogen (secondary N) is 2. The summed E-state index contributed by atoms with van der Waals surface area (Å²) in [4.78, 5) is 62.0. The van der Waals surface area contributed by atoms with Crippen LogP contribution in [0.15, 0.2) is 0 Å². The maximum atomic E-state index is 13.1. The van der Waals surface area contributed by atoms with Gasteiger partial charge >= 0.3 is 5.97 Å². The van der Waals surface area contributed by atoms with E-state index in [1.165, 1.54) is 4.90 Å². The van der Waals surface area contributed by atoms with Gasteiger partial charge in [0.1, 0.15) is 18.1 Å². The molecule has 1 aliphatic heterocycles. The zero-order valence-electron chi connectivity index (χ0n) is 18.6. The van der Waals surface area contributed by atoms with Crippen LogP contribution < -0.4 is 22.1 Å². The van der Waals surface area contributed by atoms with Gasteiger partial charge in [-0.1, -0.05) is 27.7 Å². The largest absolute Gasteiger partial charge is 0.480 e. The molecular weight excluding hydrogens is 406 g/mol. The van der Waals surface area contributed by atoms with Gasteiger partial charge in [-0.3, -0.25) is 19.2 Å². The van der Waals surface area contributed by atoms with Gasteiger partial charge in [0.2, 0.25) is 23.6 Å². The van der Waals surface area contributed by atoms with Gasteiger partial charge in [-0.2, -0.15) is 0 Å². The van der Waals surface area contributed by atoms with Crippen LogP contribution in [0.2, 0.25) is 0 Å². The SMILES string of the molecule is CC(C)CC(NC(=O)C(NC(=O)C(N)CC(N)=O)C(C)C)C(=O)N1CCCC1C(=O)O. The molecule has 7 N–H and O–H groups in total. The number of carboxylic acids is 1. The molecule has 31 heavy (non-hydrogen) atoms. The molecule has 0 aromatic rings. The van der Waals surface area contributed by atoms with Crippen LogP contribution in [0.5, 0.6) is 0 Å². The standard InChI is InChI=1S/C20H35N5O6/c1-10(2)8-13(19(29)25-7-5-6-14(25)20(30)31)23-18(28)16(11(3)4)24-17(27)12(21)9-15(22)26/h10-14,16H,5-9,21H2,1-4H3,(H2,22,26)(H,23,28)(H,24,27)(H,30,31). The number of nitrogens with two attached hydrogens (primary N) is 2. The molecule has 0 saturated carbocycles. The number of aliphatic carboxylic acids is 1. The molecule has 1 aliphatic rings. The molecule has 11 heteroatoms. The van der Waals surface area contributed by atoms with Gasteiger partial charge in [0.15, 0.2) is 0 Å². The lowest BCUT2D eigenvalue weighted by atomic mass is 9.99. The summed E-state index contributed by atoms with van der Waals surface area (Å²) in [5.41, 5.74) is 10.7. The second kappa shape index (κ2) is 11.6. The number of nitrogens with zero attached hydrogens (tertiary/aromatic N) is 1. The molecule has 0 bridgehead atoms. The molecule has 0 spiro atoms. The molecule has 1 rings (SSSR count). The topological polar surface area (TPSA) is 185 Å². The highest BCUT2D eigenvalue weighted by Crippen LogP contribution is 2.20. The van der Waals surface area contributed by atoms with E-state index in [9.17, 15) is 29.1 Å². The molecule has 0 aromatic heterocycles. The summed E-state index contributed by atoms with van der Waals surface area (Å²) in [7, 11) is 0. The summed E-state index contributed by atoms with van der Waals surface area (Å²) in [6.45, 7) is 7.51. The van der Waals surface area contributed by atoms with Crippen LogP contribution in [0.3, 0.4) is 0 Å². The van der Waals surface area contributed by atoms with E-state index in [2.05, 4.69) is 10.6 Å². The van der Waals surface area contributed by atoms with Crippen LogP contribution in [0.4, 0.5) is 0 Å². The summed E-state index contributed by atoms with van der Waals surface area (Å²) in [6.07, 6.45) is 0.894. The Morgan fingerprint density at radius 1 is 1.06 bits per heavy atom. The van der Waals surface area contributed by atoms with Crippen LogP contribution >= 0.6 is 0 Å². The van der Waals surface area contributed by atoms with E-state index in [4.69, 9.17) is 11.5 Å². The number of hydrogen-bond donors (Lipinski definition) is 5. The number of primary amides is 1. The van der Waals surface area contributed by atoms with E-state index >= 15 is 0 Å². The number of rotatable bonds is 11. The Kier molecular flexibility index (Phi) is 9.89. The monoisotopic (exact) mass is 441 g/mol. The first-order chi connectivity index (χ1) is 14.3. The second-order valence-electron chi connectivity index (χ2n) is 8.73. The van der Waals surface area contributed by atoms with Crippen LogP contribution in [0.25, 0.3) is 0 Å². The molecule has 1 fully saturated rings. The molecule has 11 nitrogen and oxygen atoms in total. The minimum atomic E-state index is -1.19. The van der Waals surface area contributed by atoms with Gasteiger partial charge in [0.25, 0.3) is 0 Å². The highest BCUT2D eigenvalue weighted by atomic mass is 16.4. The Morgan fingerprint density at radius 3 is 2.16 bits per heavy atom. The van der Waals surface area contributed by atoms with Crippen molar-refractivity contribution in [1.82, 2.24) is 15.5 Å². The van der Waals surface area contributed by atoms with Crippen molar-refractivity contribution in [3.05, 3.63) is 0 Å². The number of carbonyl (C=O) groups is 5. The van der Waals surface area contributed by atoms with Crippen LogP contribution in [-0.2, 0) is 24.0 Å². The molecule has 4 unspecified atom stereocenters. The van der Waals surface area contributed by atoms with Gasteiger partial charge < -0.3 is 32.1 Å². The average molecular weight is 442 g/mol. The van der Waals surface area contributed by atoms with E-state index in [0.717, 1.165) is 0 Å². The van der Waals surface area contributed by atoms with Crippen molar-refractivity contribution in [3.63, 3.8) is 0 Å². The Hall–Kier alpha value is -2.69. The van der Waals surface area contributed by atoms with Crippen molar-refractivity contribution in [3.8, 4) is 0 Å². The van der Waals surface area contributed by atoms with Crippen LogP contribution in [-0.4, -0.2) is 70.3 Å². The minimum Gasteiger partial charge on any atom is -0.480 e. The highest BCUT2D eigenvalue weighted by Gasteiger charge is 2.38. The first-order valence-electron chi connectivity index (χ1n) is 10.5. The quantitative estimate of drug-likeness (QED) is 0.270. The molecule has 1 saturated heterocycles. The Balaban J connectivity index is 2.96. The fourth-order valence-corrected chi connectivity index (χ4v) is 3.55. The third kappa shape index (κ3) is 7.82. The van der Waals surface area contributed by atoms with Crippen molar-refractivity contribution >= 4 is 29.6 Å². The first kappa shape index (κ1) is 26.3. The third-order valence-electron chi connectivity index (χ3n) is 5.15. The maximum Gasteiger partial charge on any atom is 0.326 e. The van der Waals surface area contributed by atoms with Crippen molar-refractivity contribution in [2.75, 3.05) is 6.54 Å². The predicted octanol–water partition coefficient (Wildman–Crippen LogP) is -1.06. The van der Waals surface area contributed by atoms with E-state index in [0.29, 0.717) is 25.8 Å². The number of carbonyl (C=O) groups excluding carboxylic acids is 4. The summed E-state index contributed by atoms with van der Waals surface area (Å²) < 4.78 is 0. The highest BCUT2D eigenvalue weighted by molar-refractivity contribution is 5.95. The molecule has 0 aromatic carbocycles. The summed E-state index contributed by atoms with van der Waals surface area (Å²) >= 11 is 0. The van der Waals surface area contributed by atoms with Crippen molar-refractivity contribution < 1.29 is 29.1 Å². The summed E-state index contributed by atoms with van der Waals surface area (Å²) in [6, 6.07) is -4.03. The van der Waals surface area contributed by atoms with E-state index < -0.39 is 53.8 Å². The van der Waals surface area contributed by atoms with Gasteiger partial charge in [0, 0.05) is 6.54 Å². The number of carboxylic acid groups (broad SMARTS) is 1. The first-order valence-corrected chi connectivity index (χ1v) is 10.5. The van der Waals surface area contributed by atoms with Crippen molar-refractivity contribution in [2.24, 2.45) is 23.3 Å². The van der Waals surface area contributed by atoms with Gasteiger partial charge in [-0.05, 0) is 31.1 Å². The minimum absolute atomic E-state index is 0.0520. The fraction of sp³-hybridized carbons (Fsp3) is 0.750. The zero-order valence-corrected chi connectivity index (χ0v) is 18.6. The maximum absolute atomic E-state index is 13.1. The van der Waals surface area contributed by atoms with E-state index in [1.54, 1.807) is 13.8 Å². The predicted molar refractivity (Wildman–Crippen MR) is 112 cm³/mol. The molecule has 176 valence electrons. The third-order valence-corrected chi connectivity index (χ3v) is 5.15. The van der Waals surface area contributed by atoms with Crippen molar-refractivity contribution in [1.29, 1.82) is 0 Å². The lowest BCUT2D eigenvalue weighted by Crippen LogP contribution is -2.58. The molecule has 1 heterocycles. The smallest absolute Gasteiger partial charge is 0.326 e. The molecule has 4 amide bonds.